The van der Waals surface area contributed by atoms with E-state index in [1.807, 2.05) is 0 Å². The monoisotopic (exact) mass is 153 g/mol. The second kappa shape index (κ2) is 3.01. The van der Waals surface area contributed by atoms with E-state index >= 15 is 0 Å². The Morgan fingerprint density at radius 3 is 2.91 bits per heavy atom. The van der Waals surface area contributed by atoms with Crippen LogP contribution in [0.1, 0.15) is 20.8 Å². The van der Waals surface area contributed by atoms with Crippen LogP contribution < -0.4 is 0 Å². The van der Waals surface area contributed by atoms with Crippen molar-refractivity contribution in [2.24, 2.45) is 0 Å². The van der Waals surface area contributed by atoms with Crippen LogP contribution in [0.2, 0.25) is 0 Å². The fourth-order valence-corrected chi connectivity index (χ4v) is 0.716. The average molecular weight is 153 g/mol. The van der Waals surface area contributed by atoms with Crippen molar-refractivity contribution in [1.82, 2.24) is 4.98 Å². The Bertz CT molecular complexity index is 277. The number of carbonyl (C=O) groups is 2. The van der Waals surface area contributed by atoms with Gasteiger partial charge in [-0.05, 0) is 6.07 Å². The third kappa shape index (κ3) is 1.46. The first-order valence-electron chi connectivity index (χ1n) is 3.00. The van der Waals surface area contributed by atoms with Crippen LogP contribution in [0.25, 0.3) is 0 Å². The zero-order valence-electron chi connectivity index (χ0n) is 5.96. The molecule has 0 saturated carbocycles. The minimum atomic E-state index is -0.450. The molecule has 1 aromatic rings. The predicted octanol–water partition coefficient (Wildman–Crippen LogP) is 0.614. The van der Waals surface area contributed by atoms with E-state index < -0.39 is 5.97 Å². The van der Waals surface area contributed by atoms with Crippen molar-refractivity contribution in [3.8, 4) is 0 Å². The van der Waals surface area contributed by atoms with Crippen molar-refractivity contribution in [3.63, 3.8) is 0 Å². The number of aldehydes is 1. The Balaban J connectivity index is 2.88. The van der Waals surface area contributed by atoms with Crippen LogP contribution >= 0.6 is 0 Å². The molecule has 0 unspecified atom stereocenters. The average Bonchev–Trinajstić information content (AvgIpc) is 2.50. The third-order valence-corrected chi connectivity index (χ3v) is 1.25. The number of ether oxygens (including phenoxy) is 1. The van der Waals surface area contributed by atoms with Gasteiger partial charge in [0.15, 0.2) is 6.29 Å². The van der Waals surface area contributed by atoms with E-state index in [9.17, 15) is 9.59 Å². The molecule has 0 aliphatic carbocycles. The van der Waals surface area contributed by atoms with E-state index in [-0.39, 0.29) is 0 Å². The topological polar surface area (TPSA) is 59.2 Å². The second-order valence-corrected chi connectivity index (χ2v) is 1.95. The Morgan fingerprint density at radius 2 is 2.45 bits per heavy atom. The molecule has 58 valence electrons. The van der Waals surface area contributed by atoms with E-state index in [0.717, 1.165) is 0 Å². The largest absolute Gasteiger partial charge is 0.465 e. The molecule has 11 heavy (non-hydrogen) atoms. The standard InChI is InChI=1S/C7H7NO3/c1-11-7(10)5-2-6(4-9)8-3-5/h2-4,8H,1H3. The van der Waals surface area contributed by atoms with E-state index in [0.29, 0.717) is 17.5 Å². The molecule has 0 aromatic carbocycles. The SMILES string of the molecule is COC(=O)c1c[nH]c(C=O)c1. The second-order valence-electron chi connectivity index (χ2n) is 1.95. The van der Waals surface area contributed by atoms with Gasteiger partial charge in [0.25, 0.3) is 0 Å². The van der Waals surface area contributed by atoms with E-state index in [1.165, 1.54) is 19.4 Å². The Hall–Kier alpha value is -1.58. The summed E-state index contributed by atoms with van der Waals surface area (Å²) in [7, 11) is 1.29. The number of hydrogen-bond donors (Lipinski definition) is 1. The first-order valence-corrected chi connectivity index (χ1v) is 3.00. The number of aromatic amines is 1. The minimum Gasteiger partial charge on any atom is -0.465 e. The van der Waals surface area contributed by atoms with Gasteiger partial charge in [0.2, 0.25) is 0 Å². The zero-order chi connectivity index (χ0) is 8.27. The molecule has 0 fully saturated rings. The molecule has 0 radical (unpaired) electrons. The molecule has 4 nitrogen and oxygen atoms in total. The summed E-state index contributed by atoms with van der Waals surface area (Å²) < 4.78 is 4.42. The van der Waals surface area contributed by atoms with Crippen LogP contribution in [-0.2, 0) is 4.74 Å². The van der Waals surface area contributed by atoms with Gasteiger partial charge in [-0.3, -0.25) is 4.79 Å². The molecule has 0 bridgehead atoms. The first kappa shape index (κ1) is 7.53. The van der Waals surface area contributed by atoms with Crippen LogP contribution in [0.3, 0.4) is 0 Å². The normalized spacial score (nSPS) is 9.18. The summed E-state index contributed by atoms with van der Waals surface area (Å²) in [6.07, 6.45) is 2.06. The third-order valence-electron chi connectivity index (χ3n) is 1.25. The first-order chi connectivity index (χ1) is 5.27. The van der Waals surface area contributed by atoms with Gasteiger partial charge in [0.1, 0.15) is 0 Å². The fraction of sp³-hybridized carbons (Fsp3) is 0.143. The van der Waals surface area contributed by atoms with E-state index in [2.05, 4.69) is 9.72 Å². The minimum absolute atomic E-state index is 0.356. The summed E-state index contributed by atoms with van der Waals surface area (Å²) in [6, 6.07) is 1.43. The van der Waals surface area contributed by atoms with E-state index in [1.54, 1.807) is 0 Å². The number of carbonyl (C=O) groups excluding carboxylic acids is 2. The van der Waals surface area contributed by atoms with Crippen molar-refractivity contribution in [1.29, 1.82) is 0 Å². The summed E-state index contributed by atoms with van der Waals surface area (Å²) in [4.78, 5) is 23.5. The molecule has 1 N–H and O–H groups in total. The summed E-state index contributed by atoms with van der Waals surface area (Å²) in [5.41, 5.74) is 0.722. The molecular formula is C7H7NO3. The molecule has 0 atom stereocenters. The number of esters is 1. The van der Waals surface area contributed by atoms with Gasteiger partial charge in [-0.1, -0.05) is 0 Å². The quantitative estimate of drug-likeness (QED) is 0.500. The van der Waals surface area contributed by atoms with Crippen LogP contribution in [0.15, 0.2) is 12.3 Å². The predicted molar refractivity (Wildman–Crippen MR) is 37.5 cm³/mol. The Labute approximate surface area is 63.2 Å². The van der Waals surface area contributed by atoms with Gasteiger partial charge in [0, 0.05) is 6.20 Å². The van der Waals surface area contributed by atoms with Crippen molar-refractivity contribution in [2.45, 2.75) is 0 Å². The van der Waals surface area contributed by atoms with Gasteiger partial charge in [-0.25, -0.2) is 4.79 Å². The lowest BCUT2D eigenvalue weighted by Gasteiger charge is -1.90. The van der Waals surface area contributed by atoms with Crippen molar-refractivity contribution < 1.29 is 14.3 Å². The van der Waals surface area contributed by atoms with Gasteiger partial charge in [-0.15, -0.1) is 0 Å². The molecule has 4 heteroatoms. The highest BCUT2D eigenvalue weighted by Crippen LogP contribution is 2.02. The number of H-pyrrole nitrogens is 1. The van der Waals surface area contributed by atoms with Gasteiger partial charge in [0.05, 0.1) is 18.4 Å². The van der Waals surface area contributed by atoms with Crippen LogP contribution in [0.4, 0.5) is 0 Å². The van der Waals surface area contributed by atoms with Gasteiger partial charge in [-0.2, -0.15) is 0 Å². The number of rotatable bonds is 2. The number of aromatic nitrogens is 1. The summed E-state index contributed by atoms with van der Waals surface area (Å²) in [5.74, 6) is -0.450. The van der Waals surface area contributed by atoms with Crippen LogP contribution in [0, 0.1) is 0 Å². The summed E-state index contributed by atoms with van der Waals surface area (Å²) in [6.45, 7) is 0. The molecule has 0 aliphatic rings. The van der Waals surface area contributed by atoms with Crippen LogP contribution in [0.5, 0.6) is 0 Å². The lowest BCUT2D eigenvalue weighted by atomic mass is 10.3. The maximum Gasteiger partial charge on any atom is 0.339 e. The lowest BCUT2D eigenvalue weighted by molar-refractivity contribution is 0.0601. The Morgan fingerprint density at radius 1 is 1.73 bits per heavy atom. The zero-order valence-corrected chi connectivity index (χ0v) is 5.96. The van der Waals surface area contributed by atoms with Crippen LogP contribution in [-0.4, -0.2) is 24.3 Å². The molecule has 0 spiro atoms. The molecule has 0 amide bonds. The fourth-order valence-electron chi connectivity index (χ4n) is 0.716. The molecule has 1 heterocycles. The van der Waals surface area contributed by atoms with Gasteiger partial charge < -0.3 is 9.72 Å². The molecule has 1 rings (SSSR count). The highest BCUT2D eigenvalue weighted by Gasteiger charge is 2.06. The smallest absolute Gasteiger partial charge is 0.339 e. The van der Waals surface area contributed by atoms with Gasteiger partial charge >= 0.3 is 5.97 Å². The Kier molecular flexibility index (Phi) is 2.06. The number of hydrogen-bond acceptors (Lipinski definition) is 3. The number of nitrogens with one attached hydrogen (secondary N) is 1. The summed E-state index contributed by atoms with van der Waals surface area (Å²) >= 11 is 0. The van der Waals surface area contributed by atoms with Crippen molar-refractivity contribution >= 4 is 12.3 Å². The van der Waals surface area contributed by atoms with E-state index in [4.69, 9.17) is 0 Å². The summed E-state index contributed by atoms with van der Waals surface area (Å²) in [5, 5.41) is 0. The maximum atomic E-state index is 10.8. The molecular weight excluding hydrogens is 146 g/mol. The highest BCUT2D eigenvalue weighted by molar-refractivity contribution is 5.91. The van der Waals surface area contributed by atoms with Crippen molar-refractivity contribution in [2.75, 3.05) is 7.11 Å². The molecule has 1 aromatic heterocycles. The maximum absolute atomic E-state index is 10.8. The lowest BCUT2D eigenvalue weighted by Crippen LogP contribution is -1.98. The van der Waals surface area contributed by atoms with Crippen molar-refractivity contribution in [3.05, 3.63) is 23.5 Å². The molecule has 0 aliphatic heterocycles. The highest BCUT2D eigenvalue weighted by atomic mass is 16.5. The number of methoxy groups -OCH3 is 1. The molecule has 0 saturated heterocycles.